The standard InChI is InChI=1S/C22H23F3N4O/c1-14-12-27-18-10-17(15-6-3-2-4-7-15)21(30)29(20(18)28-14)13-19-16(8-5-9-26-19)11-22(23,24)25/h5,8-10,12,15H,2-4,6-7,11,13H2,1H3. The zero-order valence-electron chi connectivity index (χ0n) is 16.7. The highest BCUT2D eigenvalue weighted by Crippen LogP contribution is 2.32. The lowest BCUT2D eigenvalue weighted by Gasteiger charge is -2.23. The summed E-state index contributed by atoms with van der Waals surface area (Å²) in [5, 5.41) is 0. The summed E-state index contributed by atoms with van der Waals surface area (Å²) in [6.45, 7) is 1.70. The highest BCUT2D eigenvalue weighted by Gasteiger charge is 2.29. The van der Waals surface area contributed by atoms with Crippen LogP contribution in [0.5, 0.6) is 0 Å². The van der Waals surface area contributed by atoms with E-state index in [-0.39, 0.29) is 29.3 Å². The zero-order valence-corrected chi connectivity index (χ0v) is 16.7. The smallest absolute Gasteiger partial charge is 0.285 e. The lowest BCUT2D eigenvalue weighted by Crippen LogP contribution is -2.29. The monoisotopic (exact) mass is 416 g/mol. The number of hydrogen-bond acceptors (Lipinski definition) is 4. The first-order valence-corrected chi connectivity index (χ1v) is 10.2. The number of alkyl halides is 3. The van der Waals surface area contributed by atoms with Crippen molar-refractivity contribution in [1.29, 1.82) is 0 Å². The summed E-state index contributed by atoms with van der Waals surface area (Å²) in [4.78, 5) is 26.5. The van der Waals surface area contributed by atoms with E-state index in [4.69, 9.17) is 0 Å². The van der Waals surface area contributed by atoms with E-state index >= 15 is 0 Å². The fraction of sp³-hybridized carbons (Fsp3) is 0.455. The Morgan fingerprint density at radius 3 is 2.67 bits per heavy atom. The van der Waals surface area contributed by atoms with E-state index in [9.17, 15) is 18.0 Å². The summed E-state index contributed by atoms with van der Waals surface area (Å²) < 4.78 is 40.5. The number of fused-ring (bicyclic) bond motifs is 1. The van der Waals surface area contributed by atoms with Crippen molar-refractivity contribution in [2.24, 2.45) is 0 Å². The molecule has 1 aliphatic carbocycles. The number of pyridine rings is 2. The molecule has 5 nitrogen and oxygen atoms in total. The third kappa shape index (κ3) is 4.37. The molecule has 1 saturated carbocycles. The molecule has 1 fully saturated rings. The van der Waals surface area contributed by atoms with E-state index in [1.54, 1.807) is 13.1 Å². The van der Waals surface area contributed by atoms with E-state index in [0.29, 0.717) is 22.4 Å². The van der Waals surface area contributed by atoms with Crippen molar-refractivity contribution in [3.05, 3.63) is 63.5 Å². The van der Waals surface area contributed by atoms with Crippen molar-refractivity contribution >= 4 is 11.2 Å². The highest BCUT2D eigenvalue weighted by molar-refractivity contribution is 5.71. The van der Waals surface area contributed by atoms with Crippen LogP contribution in [0.25, 0.3) is 11.2 Å². The maximum absolute atomic E-state index is 13.4. The Balaban J connectivity index is 1.85. The van der Waals surface area contributed by atoms with Gasteiger partial charge in [0.25, 0.3) is 5.56 Å². The molecule has 0 spiro atoms. The molecule has 0 atom stereocenters. The van der Waals surface area contributed by atoms with Gasteiger partial charge in [0.15, 0.2) is 5.65 Å². The van der Waals surface area contributed by atoms with Crippen LogP contribution >= 0.6 is 0 Å². The van der Waals surface area contributed by atoms with Crippen LogP contribution in [0, 0.1) is 6.92 Å². The van der Waals surface area contributed by atoms with Gasteiger partial charge in [-0.2, -0.15) is 13.2 Å². The molecule has 0 amide bonds. The van der Waals surface area contributed by atoms with Crippen molar-refractivity contribution in [2.45, 2.75) is 64.1 Å². The van der Waals surface area contributed by atoms with Crippen LogP contribution in [0.15, 0.2) is 35.4 Å². The minimum atomic E-state index is -4.36. The molecule has 0 bridgehead atoms. The molecule has 0 aliphatic heterocycles. The Labute approximate surface area is 172 Å². The van der Waals surface area contributed by atoms with Gasteiger partial charge >= 0.3 is 6.18 Å². The fourth-order valence-electron chi connectivity index (χ4n) is 4.23. The predicted octanol–water partition coefficient (Wildman–Crippen LogP) is 4.70. The molecule has 158 valence electrons. The highest BCUT2D eigenvalue weighted by atomic mass is 19.4. The van der Waals surface area contributed by atoms with Gasteiger partial charge in [-0.15, -0.1) is 0 Å². The summed E-state index contributed by atoms with van der Waals surface area (Å²) in [5.41, 5.74) is 2.34. The van der Waals surface area contributed by atoms with Crippen LogP contribution in [0.2, 0.25) is 0 Å². The van der Waals surface area contributed by atoms with Crippen LogP contribution < -0.4 is 5.56 Å². The molecule has 3 aromatic heterocycles. The van der Waals surface area contributed by atoms with E-state index in [1.807, 2.05) is 6.07 Å². The van der Waals surface area contributed by atoms with Gasteiger partial charge in [0.1, 0.15) is 5.52 Å². The maximum atomic E-state index is 13.4. The molecule has 30 heavy (non-hydrogen) atoms. The molecular formula is C22H23F3N4O. The van der Waals surface area contributed by atoms with Crippen molar-refractivity contribution in [3.63, 3.8) is 0 Å². The van der Waals surface area contributed by atoms with Gasteiger partial charge in [-0.05, 0) is 43.4 Å². The zero-order chi connectivity index (χ0) is 21.3. The molecule has 0 unspecified atom stereocenters. The van der Waals surface area contributed by atoms with E-state index in [0.717, 1.165) is 32.1 Å². The van der Waals surface area contributed by atoms with Crippen molar-refractivity contribution in [1.82, 2.24) is 19.5 Å². The minimum absolute atomic E-state index is 0.0636. The SMILES string of the molecule is Cc1cnc2cc(C3CCCCC3)c(=O)n(Cc3ncccc3CC(F)(F)F)c2n1. The van der Waals surface area contributed by atoms with Crippen LogP contribution in [-0.2, 0) is 13.0 Å². The van der Waals surface area contributed by atoms with E-state index in [1.165, 1.54) is 22.9 Å². The number of hydrogen-bond donors (Lipinski definition) is 0. The van der Waals surface area contributed by atoms with Gasteiger partial charge in [-0.25, -0.2) is 4.98 Å². The topological polar surface area (TPSA) is 60.7 Å². The van der Waals surface area contributed by atoms with Crippen LogP contribution in [-0.4, -0.2) is 25.7 Å². The number of rotatable bonds is 4. The van der Waals surface area contributed by atoms with Crippen LogP contribution in [0.1, 0.15) is 60.5 Å². The third-order valence-electron chi connectivity index (χ3n) is 5.67. The first kappa shape index (κ1) is 20.5. The van der Waals surface area contributed by atoms with Crippen LogP contribution in [0.4, 0.5) is 13.2 Å². The van der Waals surface area contributed by atoms with Crippen molar-refractivity contribution in [3.8, 4) is 0 Å². The summed E-state index contributed by atoms with van der Waals surface area (Å²) in [6.07, 6.45) is 2.80. The third-order valence-corrected chi connectivity index (χ3v) is 5.67. The minimum Gasteiger partial charge on any atom is -0.285 e. The quantitative estimate of drug-likeness (QED) is 0.619. The average Bonchev–Trinajstić information content (AvgIpc) is 2.71. The lowest BCUT2D eigenvalue weighted by atomic mass is 9.84. The Hall–Kier alpha value is -2.77. The molecule has 3 heterocycles. The van der Waals surface area contributed by atoms with Crippen molar-refractivity contribution in [2.75, 3.05) is 0 Å². The normalized spacial score (nSPS) is 15.6. The van der Waals surface area contributed by atoms with E-state index < -0.39 is 12.6 Å². The second kappa shape index (κ2) is 8.16. The predicted molar refractivity (Wildman–Crippen MR) is 107 cm³/mol. The van der Waals surface area contributed by atoms with Gasteiger partial charge in [0.05, 0.1) is 24.4 Å². The van der Waals surface area contributed by atoms with Crippen molar-refractivity contribution < 1.29 is 13.2 Å². The molecule has 1 aliphatic rings. The summed E-state index contributed by atoms with van der Waals surface area (Å²) >= 11 is 0. The molecular weight excluding hydrogens is 393 g/mol. The molecule has 0 radical (unpaired) electrons. The molecule has 0 N–H and O–H groups in total. The average molecular weight is 416 g/mol. The summed E-state index contributed by atoms with van der Waals surface area (Å²) in [6, 6.07) is 4.70. The summed E-state index contributed by atoms with van der Waals surface area (Å²) in [7, 11) is 0. The lowest BCUT2D eigenvalue weighted by molar-refractivity contribution is -0.127. The summed E-state index contributed by atoms with van der Waals surface area (Å²) in [5.74, 6) is 0.142. The maximum Gasteiger partial charge on any atom is 0.393 e. The largest absolute Gasteiger partial charge is 0.393 e. The van der Waals surface area contributed by atoms with Gasteiger partial charge in [0.2, 0.25) is 0 Å². The Morgan fingerprint density at radius 1 is 1.17 bits per heavy atom. The number of nitrogens with zero attached hydrogens (tertiary/aromatic N) is 4. The van der Waals surface area contributed by atoms with Crippen LogP contribution in [0.3, 0.4) is 0 Å². The first-order valence-electron chi connectivity index (χ1n) is 10.2. The first-order chi connectivity index (χ1) is 14.3. The second-order valence-corrected chi connectivity index (χ2v) is 7.95. The van der Waals surface area contributed by atoms with Gasteiger partial charge < -0.3 is 0 Å². The van der Waals surface area contributed by atoms with Gasteiger partial charge in [0, 0.05) is 18.0 Å². The van der Waals surface area contributed by atoms with Gasteiger partial charge in [-0.1, -0.05) is 25.3 Å². The Kier molecular flexibility index (Phi) is 5.58. The molecule has 3 aromatic rings. The number of halogens is 3. The number of aromatic nitrogens is 4. The molecule has 8 heteroatoms. The van der Waals surface area contributed by atoms with E-state index in [2.05, 4.69) is 15.0 Å². The molecule has 4 rings (SSSR count). The molecule has 0 saturated heterocycles. The Bertz CT molecular complexity index is 1120. The second-order valence-electron chi connectivity index (χ2n) is 7.95. The Morgan fingerprint density at radius 2 is 1.93 bits per heavy atom. The fourth-order valence-corrected chi connectivity index (χ4v) is 4.23. The number of aryl methyl sites for hydroxylation is 1. The molecule has 0 aromatic carbocycles. The van der Waals surface area contributed by atoms with Gasteiger partial charge in [-0.3, -0.25) is 19.3 Å².